The first kappa shape index (κ1) is 22.5. The number of carbonyl (C=O) groups is 1. The van der Waals surface area contributed by atoms with Crippen LogP contribution in [0.3, 0.4) is 0 Å². The standard InChI is InChI=1S/C17H25N5O3S3/c1-20(16(26)14-9-5-3-6-10-14)18-15(23)13-28(24,25)19-21(2)17(27)22-11-7-4-8-12-22/h3,5-6,9-10,19H,4,7-8,11-13H2,1-2H3,(H,18,23). The largest absolute Gasteiger partial charge is 0.348 e. The van der Waals surface area contributed by atoms with Crippen molar-refractivity contribution >= 4 is 50.5 Å². The third-order valence-electron chi connectivity index (χ3n) is 4.13. The number of sulfonamides is 1. The molecule has 1 aromatic carbocycles. The van der Waals surface area contributed by atoms with Crippen LogP contribution in [0.25, 0.3) is 0 Å². The first-order valence-electron chi connectivity index (χ1n) is 8.85. The number of hydrazine groups is 2. The molecule has 154 valence electrons. The van der Waals surface area contributed by atoms with Gasteiger partial charge in [-0.15, -0.1) is 4.83 Å². The molecule has 11 heteroatoms. The molecule has 0 bridgehead atoms. The van der Waals surface area contributed by atoms with Crippen molar-refractivity contribution < 1.29 is 13.2 Å². The third kappa shape index (κ3) is 6.66. The Kier molecular flexibility index (Phi) is 8.10. The number of nitrogens with zero attached hydrogens (tertiary/aromatic N) is 3. The van der Waals surface area contributed by atoms with Gasteiger partial charge >= 0.3 is 0 Å². The maximum Gasteiger partial charge on any atom is 0.255 e. The van der Waals surface area contributed by atoms with Crippen LogP contribution in [0.15, 0.2) is 30.3 Å². The Bertz CT molecular complexity index is 811. The van der Waals surface area contributed by atoms with Gasteiger partial charge in [-0.25, -0.2) is 8.42 Å². The number of piperidine rings is 1. The molecule has 1 aliphatic rings. The average molecular weight is 444 g/mol. The number of carbonyl (C=O) groups excluding carboxylic acids is 1. The fourth-order valence-electron chi connectivity index (χ4n) is 2.79. The summed E-state index contributed by atoms with van der Waals surface area (Å²) < 4.78 is 24.6. The van der Waals surface area contributed by atoms with Gasteiger partial charge in [0.05, 0.1) is 0 Å². The summed E-state index contributed by atoms with van der Waals surface area (Å²) in [7, 11) is -0.829. The summed E-state index contributed by atoms with van der Waals surface area (Å²) in [5.41, 5.74) is 3.22. The normalized spacial score (nSPS) is 14.3. The van der Waals surface area contributed by atoms with Gasteiger partial charge in [0.1, 0.15) is 10.7 Å². The molecule has 8 nitrogen and oxygen atoms in total. The summed E-state index contributed by atoms with van der Waals surface area (Å²) in [5.74, 6) is -1.45. The van der Waals surface area contributed by atoms with E-state index in [9.17, 15) is 13.2 Å². The molecule has 28 heavy (non-hydrogen) atoms. The Labute approximate surface area is 176 Å². The van der Waals surface area contributed by atoms with E-state index < -0.39 is 21.7 Å². The van der Waals surface area contributed by atoms with E-state index in [1.54, 1.807) is 19.2 Å². The maximum atomic E-state index is 12.3. The highest BCUT2D eigenvalue weighted by molar-refractivity contribution is 7.90. The van der Waals surface area contributed by atoms with Crippen LogP contribution >= 0.6 is 24.4 Å². The smallest absolute Gasteiger partial charge is 0.255 e. The van der Waals surface area contributed by atoms with E-state index in [-0.39, 0.29) is 0 Å². The lowest BCUT2D eigenvalue weighted by atomic mass is 10.1. The van der Waals surface area contributed by atoms with Gasteiger partial charge in [-0.3, -0.25) is 20.2 Å². The van der Waals surface area contributed by atoms with E-state index in [0.717, 1.165) is 37.9 Å². The van der Waals surface area contributed by atoms with Gasteiger partial charge in [0.2, 0.25) is 10.0 Å². The van der Waals surface area contributed by atoms with Crippen LogP contribution in [0, 0.1) is 0 Å². The summed E-state index contributed by atoms with van der Waals surface area (Å²) in [6, 6.07) is 9.12. The Morgan fingerprint density at radius 2 is 1.68 bits per heavy atom. The van der Waals surface area contributed by atoms with Crippen molar-refractivity contribution in [2.45, 2.75) is 19.3 Å². The number of hydrogen-bond donors (Lipinski definition) is 2. The van der Waals surface area contributed by atoms with E-state index in [0.29, 0.717) is 10.1 Å². The Hall–Kier alpha value is -1.82. The number of rotatable bonds is 5. The topological polar surface area (TPSA) is 85.0 Å². The molecule has 1 heterocycles. The van der Waals surface area contributed by atoms with Gasteiger partial charge in [-0.1, -0.05) is 42.5 Å². The molecule has 2 N–H and O–H groups in total. The number of benzene rings is 1. The number of amides is 1. The molecule has 0 saturated carbocycles. The van der Waals surface area contributed by atoms with Crippen LogP contribution in [-0.2, 0) is 14.8 Å². The van der Waals surface area contributed by atoms with Crippen molar-refractivity contribution in [2.75, 3.05) is 32.9 Å². The number of thiocarbonyl (C=S) groups is 2. The van der Waals surface area contributed by atoms with Gasteiger partial charge in [-0.2, -0.15) is 0 Å². The second-order valence-electron chi connectivity index (χ2n) is 6.50. The predicted octanol–water partition coefficient (Wildman–Crippen LogP) is 0.862. The lowest BCUT2D eigenvalue weighted by molar-refractivity contribution is -0.121. The van der Waals surface area contributed by atoms with E-state index in [4.69, 9.17) is 24.4 Å². The third-order valence-corrected chi connectivity index (χ3v) is 6.36. The van der Waals surface area contributed by atoms with Crippen molar-refractivity contribution in [1.29, 1.82) is 0 Å². The second-order valence-corrected chi connectivity index (χ2v) is 8.96. The van der Waals surface area contributed by atoms with Crippen molar-refractivity contribution in [1.82, 2.24) is 25.2 Å². The lowest BCUT2D eigenvalue weighted by Crippen LogP contribution is -2.53. The highest BCUT2D eigenvalue weighted by Crippen LogP contribution is 2.10. The van der Waals surface area contributed by atoms with E-state index >= 15 is 0 Å². The number of nitrogens with one attached hydrogen (secondary N) is 2. The van der Waals surface area contributed by atoms with Gasteiger partial charge in [0.25, 0.3) is 5.91 Å². The molecular formula is C17H25N5O3S3. The summed E-state index contributed by atoms with van der Waals surface area (Å²) >= 11 is 10.6. The molecule has 1 saturated heterocycles. The number of hydrogen-bond acceptors (Lipinski definition) is 5. The Balaban J connectivity index is 1.87. The fraction of sp³-hybridized carbons (Fsp3) is 0.471. The summed E-state index contributed by atoms with van der Waals surface area (Å²) in [6.07, 6.45) is 3.20. The molecule has 0 spiro atoms. The molecule has 1 aromatic rings. The molecule has 1 amide bonds. The predicted molar refractivity (Wildman–Crippen MR) is 117 cm³/mol. The summed E-state index contributed by atoms with van der Waals surface area (Å²) in [5, 5.41) is 2.98. The average Bonchev–Trinajstić information content (AvgIpc) is 2.67. The minimum atomic E-state index is -3.92. The molecular weight excluding hydrogens is 418 g/mol. The molecule has 0 atom stereocenters. The zero-order valence-corrected chi connectivity index (χ0v) is 18.4. The van der Waals surface area contributed by atoms with Crippen molar-refractivity contribution in [3.8, 4) is 0 Å². The zero-order chi connectivity index (χ0) is 20.7. The molecule has 2 rings (SSSR count). The minimum Gasteiger partial charge on any atom is -0.348 e. The van der Waals surface area contributed by atoms with E-state index in [1.807, 2.05) is 23.1 Å². The molecule has 1 fully saturated rings. The fourth-order valence-corrected chi connectivity index (χ4v) is 4.24. The van der Waals surface area contributed by atoms with Crippen LogP contribution in [0.2, 0.25) is 0 Å². The quantitative estimate of drug-likeness (QED) is 0.512. The van der Waals surface area contributed by atoms with Crippen molar-refractivity contribution in [3.63, 3.8) is 0 Å². The highest BCUT2D eigenvalue weighted by atomic mass is 32.2. The van der Waals surface area contributed by atoms with Crippen LogP contribution in [0.4, 0.5) is 0 Å². The van der Waals surface area contributed by atoms with Gasteiger partial charge in [0.15, 0.2) is 5.11 Å². The van der Waals surface area contributed by atoms with Crippen molar-refractivity contribution in [2.24, 2.45) is 0 Å². The van der Waals surface area contributed by atoms with E-state index in [2.05, 4.69) is 10.3 Å². The Morgan fingerprint density at radius 1 is 1.07 bits per heavy atom. The first-order valence-corrected chi connectivity index (χ1v) is 11.3. The molecule has 0 aliphatic carbocycles. The zero-order valence-electron chi connectivity index (χ0n) is 15.9. The van der Waals surface area contributed by atoms with Crippen LogP contribution in [0.5, 0.6) is 0 Å². The number of likely N-dealkylation sites (tertiary alicyclic amines) is 1. The van der Waals surface area contributed by atoms with Gasteiger partial charge in [-0.05, 0) is 31.5 Å². The minimum absolute atomic E-state index is 0.378. The van der Waals surface area contributed by atoms with Crippen LogP contribution in [-0.4, -0.2) is 72.3 Å². The lowest BCUT2D eigenvalue weighted by Gasteiger charge is -2.33. The molecule has 0 radical (unpaired) electrons. The van der Waals surface area contributed by atoms with Gasteiger partial charge in [0, 0.05) is 32.7 Å². The van der Waals surface area contributed by atoms with Crippen LogP contribution < -0.4 is 10.3 Å². The van der Waals surface area contributed by atoms with Gasteiger partial charge < -0.3 is 4.90 Å². The van der Waals surface area contributed by atoms with Crippen LogP contribution in [0.1, 0.15) is 24.8 Å². The maximum absolute atomic E-state index is 12.3. The second kappa shape index (κ2) is 10.1. The van der Waals surface area contributed by atoms with E-state index in [1.165, 1.54) is 17.1 Å². The summed E-state index contributed by atoms with van der Waals surface area (Å²) in [4.78, 5) is 16.8. The molecule has 0 aromatic heterocycles. The highest BCUT2D eigenvalue weighted by Gasteiger charge is 2.23. The molecule has 0 unspecified atom stereocenters. The molecule has 1 aliphatic heterocycles. The Morgan fingerprint density at radius 3 is 2.29 bits per heavy atom. The first-order chi connectivity index (χ1) is 13.2. The summed E-state index contributed by atoms with van der Waals surface area (Å²) in [6.45, 7) is 1.60. The van der Waals surface area contributed by atoms with Crippen molar-refractivity contribution in [3.05, 3.63) is 35.9 Å². The SMILES string of the molecule is CN(NC(=O)CS(=O)(=O)NN(C)C(=S)N1CCCCC1)C(=S)c1ccccc1. The monoisotopic (exact) mass is 443 g/mol.